The molecule has 1 atom stereocenters. The lowest BCUT2D eigenvalue weighted by molar-refractivity contribution is 0.0917. The zero-order valence-electron chi connectivity index (χ0n) is 18.5. The van der Waals surface area contributed by atoms with Crippen LogP contribution in [-0.4, -0.2) is 56.0 Å². The second-order valence-corrected chi connectivity index (χ2v) is 11.6. The number of rotatable bonds is 8. The van der Waals surface area contributed by atoms with E-state index in [0.717, 1.165) is 27.5 Å². The van der Waals surface area contributed by atoms with E-state index in [-0.39, 0.29) is 16.9 Å². The molecule has 2 aromatic carbocycles. The molecule has 1 amide bonds. The van der Waals surface area contributed by atoms with E-state index in [1.165, 1.54) is 27.8 Å². The molecule has 0 spiro atoms. The Morgan fingerprint density at radius 2 is 1.91 bits per heavy atom. The van der Waals surface area contributed by atoms with Crippen LogP contribution in [0.25, 0.3) is 10.2 Å². The zero-order chi connectivity index (χ0) is 23.6. The number of ether oxygens (including phenoxy) is 1. The average molecular weight is 553 g/mol. The predicted octanol–water partition coefficient (Wildman–Crippen LogP) is 4.92. The van der Waals surface area contributed by atoms with E-state index in [1.54, 1.807) is 30.9 Å². The Bertz CT molecular complexity index is 1230. The Morgan fingerprint density at radius 3 is 2.55 bits per heavy atom. The summed E-state index contributed by atoms with van der Waals surface area (Å²) in [7, 11) is -3.58. The maximum atomic E-state index is 13.6. The number of aromatic nitrogens is 1. The van der Waals surface area contributed by atoms with E-state index in [1.807, 2.05) is 18.2 Å². The van der Waals surface area contributed by atoms with E-state index in [0.29, 0.717) is 36.9 Å². The number of amides is 1. The third-order valence-electron chi connectivity index (χ3n) is 5.67. The minimum absolute atomic E-state index is 0.0463. The SMILES string of the molecule is CCN(CC)S(=O)(=O)c1ccc(C(=O)N(CC2CCCO2)c2nc3ccc(Br)cc3s2)cc1. The van der Waals surface area contributed by atoms with Crippen molar-refractivity contribution in [1.29, 1.82) is 0 Å². The van der Waals surface area contributed by atoms with Gasteiger partial charge in [-0.3, -0.25) is 9.69 Å². The van der Waals surface area contributed by atoms with Gasteiger partial charge in [0, 0.05) is 29.7 Å². The van der Waals surface area contributed by atoms with Crippen molar-refractivity contribution in [2.45, 2.75) is 37.7 Å². The number of thiazole rings is 1. The molecule has 0 bridgehead atoms. The van der Waals surface area contributed by atoms with E-state index >= 15 is 0 Å². The Hall–Kier alpha value is -1.85. The summed E-state index contributed by atoms with van der Waals surface area (Å²) in [6, 6.07) is 12.0. The van der Waals surface area contributed by atoms with Gasteiger partial charge >= 0.3 is 0 Å². The first-order valence-electron chi connectivity index (χ1n) is 10.9. The number of carbonyl (C=O) groups excluding carboxylic acids is 1. The number of fused-ring (bicyclic) bond motifs is 1. The lowest BCUT2D eigenvalue weighted by Crippen LogP contribution is -2.37. The normalized spacial score (nSPS) is 16.5. The first-order chi connectivity index (χ1) is 15.8. The van der Waals surface area contributed by atoms with Crippen LogP contribution in [-0.2, 0) is 14.8 Å². The fourth-order valence-electron chi connectivity index (χ4n) is 3.88. The van der Waals surface area contributed by atoms with Crippen molar-refractivity contribution in [2.24, 2.45) is 0 Å². The summed E-state index contributed by atoms with van der Waals surface area (Å²) in [5.41, 5.74) is 1.23. The molecule has 1 fully saturated rings. The van der Waals surface area contributed by atoms with Gasteiger partial charge in [0.25, 0.3) is 5.91 Å². The highest BCUT2D eigenvalue weighted by Crippen LogP contribution is 2.32. The summed E-state index contributed by atoms with van der Waals surface area (Å²) in [5.74, 6) is -0.226. The van der Waals surface area contributed by atoms with Crippen LogP contribution < -0.4 is 4.90 Å². The third-order valence-corrected chi connectivity index (χ3v) is 9.27. The van der Waals surface area contributed by atoms with Crippen molar-refractivity contribution >= 4 is 58.5 Å². The van der Waals surface area contributed by atoms with Gasteiger partial charge in [0.15, 0.2) is 5.13 Å². The van der Waals surface area contributed by atoms with E-state index < -0.39 is 10.0 Å². The highest BCUT2D eigenvalue weighted by atomic mass is 79.9. The van der Waals surface area contributed by atoms with Crippen LogP contribution in [0.4, 0.5) is 5.13 Å². The van der Waals surface area contributed by atoms with E-state index in [9.17, 15) is 13.2 Å². The summed E-state index contributed by atoms with van der Waals surface area (Å²) >= 11 is 4.93. The summed E-state index contributed by atoms with van der Waals surface area (Å²) in [6.07, 6.45) is 1.81. The standard InChI is InChI=1S/C23H26BrN3O4S2/c1-3-26(4-2)33(29,30)19-10-7-16(8-11-19)22(28)27(15-18-6-5-13-31-18)23-25-20-12-9-17(24)14-21(20)32-23/h7-12,14,18H,3-6,13,15H2,1-2H3. The fourth-order valence-corrected chi connectivity index (χ4v) is 6.86. The lowest BCUT2D eigenvalue weighted by atomic mass is 10.2. The van der Waals surface area contributed by atoms with Gasteiger partial charge in [-0.1, -0.05) is 41.1 Å². The van der Waals surface area contributed by atoms with Crippen LogP contribution in [0.15, 0.2) is 51.8 Å². The zero-order valence-corrected chi connectivity index (χ0v) is 21.7. The second-order valence-electron chi connectivity index (χ2n) is 7.77. The number of nitrogens with zero attached hydrogens (tertiary/aromatic N) is 3. The molecule has 2 heterocycles. The quantitative estimate of drug-likeness (QED) is 0.397. The largest absolute Gasteiger partial charge is 0.376 e. The molecule has 3 aromatic rings. The molecule has 33 heavy (non-hydrogen) atoms. The number of hydrogen-bond donors (Lipinski definition) is 0. The molecule has 176 valence electrons. The smallest absolute Gasteiger partial charge is 0.260 e. The fraction of sp³-hybridized carbons (Fsp3) is 0.391. The highest BCUT2D eigenvalue weighted by molar-refractivity contribution is 9.10. The van der Waals surface area contributed by atoms with Crippen molar-refractivity contribution in [3.63, 3.8) is 0 Å². The van der Waals surface area contributed by atoms with Gasteiger partial charge in [0.1, 0.15) is 0 Å². The predicted molar refractivity (Wildman–Crippen MR) is 135 cm³/mol. The first-order valence-corrected chi connectivity index (χ1v) is 14.0. The van der Waals surface area contributed by atoms with Crippen LogP contribution in [0, 0.1) is 0 Å². The number of benzene rings is 2. The maximum Gasteiger partial charge on any atom is 0.260 e. The van der Waals surface area contributed by atoms with Gasteiger partial charge in [-0.15, -0.1) is 0 Å². The molecule has 0 aliphatic carbocycles. The summed E-state index contributed by atoms with van der Waals surface area (Å²) in [6.45, 7) is 5.48. The van der Waals surface area contributed by atoms with Crippen molar-refractivity contribution in [2.75, 3.05) is 31.1 Å². The molecule has 4 rings (SSSR count). The van der Waals surface area contributed by atoms with E-state index in [4.69, 9.17) is 4.74 Å². The van der Waals surface area contributed by atoms with Gasteiger partial charge in [-0.25, -0.2) is 13.4 Å². The van der Waals surface area contributed by atoms with Gasteiger partial charge in [0.2, 0.25) is 10.0 Å². The molecule has 0 N–H and O–H groups in total. The number of sulfonamides is 1. The van der Waals surface area contributed by atoms with Crippen LogP contribution in [0.2, 0.25) is 0 Å². The Morgan fingerprint density at radius 1 is 1.18 bits per heavy atom. The molecular weight excluding hydrogens is 526 g/mol. The Balaban J connectivity index is 1.66. The van der Waals surface area contributed by atoms with Crippen molar-refractivity contribution in [3.05, 3.63) is 52.5 Å². The molecule has 1 aliphatic rings. The van der Waals surface area contributed by atoms with Crippen LogP contribution >= 0.6 is 27.3 Å². The molecule has 1 saturated heterocycles. The van der Waals surface area contributed by atoms with Crippen molar-refractivity contribution in [1.82, 2.24) is 9.29 Å². The summed E-state index contributed by atoms with van der Waals surface area (Å²) in [4.78, 5) is 20.1. The van der Waals surface area contributed by atoms with Crippen LogP contribution in [0.1, 0.15) is 37.0 Å². The lowest BCUT2D eigenvalue weighted by Gasteiger charge is -2.23. The summed E-state index contributed by atoms with van der Waals surface area (Å²) < 4.78 is 34.7. The number of halogens is 1. The average Bonchev–Trinajstić information content (AvgIpc) is 3.47. The molecule has 1 aromatic heterocycles. The highest BCUT2D eigenvalue weighted by Gasteiger charge is 2.28. The third kappa shape index (κ3) is 5.14. The van der Waals surface area contributed by atoms with Crippen LogP contribution in [0.3, 0.4) is 0 Å². The van der Waals surface area contributed by atoms with Gasteiger partial charge in [-0.05, 0) is 55.3 Å². The molecular formula is C23H26BrN3O4S2. The minimum Gasteiger partial charge on any atom is -0.376 e. The topological polar surface area (TPSA) is 79.8 Å². The van der Waals surface area contributed by atoms with Gasteiger partial charge in [-0.2, -0.15) is 4.31 Å². The van der Waals surface area contributed by atoms with Crippen LogP contribution in [0.5, 0.6) is 0 Å². The molecule has 0 saturated carbocycles. The Labute approximate surface area is 206 Å². The second kappa shape index (κ2) is 10.2. The van der Waals surface area contributed by atoms with E-state index in [2.05, 4.69) is 20.9 Å². The number of anilines is 1. The first kappa shape index (κ1) is 24.3. The van der Waals surface area contributed by atoms with Gasteiger partial charge < -0.3 is 4.74 Å². The molecule has 1 unspecified atom stereocenters. The maximum absolute atomic E-state index is 13.6. The number of hydrogen-bond acceptors (Lipinski definition) is 6. The van der Waals surface area contributed by atoms with Gasteiger partial charge in [0.05, 0.1) is 27.8 Å². The number of carbonyl (C=O) groups is 1. The van der Waals surface area contributed by atoms with Crippen molar-refractivity contribution in [3.8, 4) is 0 Å². The van der Waals surface area contributed by atoms with Crippen molar-refractivity contribution < 1.29 is 17.9 Å². The minimum atomic E-state index is -3.58. The monoisotopic (exact) mass is 551 g/mol. The molecule has 0 radical (unpaired) electrons. The molecule has 1 aliphatic heterocycles. The molecule has 7 nitrogen and oxygen atoms in total. The molecule has 10 heteroatoms. The summed E-state index contributed by atoms with van der Waals surface area (Å²) in [5, 5.41) is 0.600. The Kier molecular flexibility index (Phi) is 7.49.